The zero-order valence-corrected chi connectivity index (χ0v) is 36.6. The van der Waals surface area contributed by atoms with E-state index in [1.165, 1.54) is 49.7 Å². The van der Waals surface area contributed by atoms with Gasteiger partial charge in [0.25, 0.3) is 0 Å². The summed E-state index contributed by atoms with van der Waals surface area (Å²) in [6.45, 7) is 7.85. The third kappa shape index (κ3) is 24.9. The number of unbranched alkanes of at least 4 members (excludes halogenated alkanes) is 10. The van der Waals surface area contributed by atoms with Crippen LogP contribution in [0.2, 0.25) is 0 Å². The molecule has 1 aliphatic rings. The molecule has 3 unspecified atom stereocenters. The smallest absolute Gasteiger partial charge is 0.466 e. The Hall–Kier alpha value is -2.53. The number of aryl methyl sites for hydroxylation is 2. The second-order valence-corrected chi connectivity index (χ2v) is 16.6. The van der Waals surface area contributed by atoms with Gasteiger partial charge < -0.3 is 29.3 Å². The van der Waals surface area contributed by atoms with Crippen LogP contribution in [-0.4, -0.2) is 61.5 Å². The van der Waals surface area contributed by atoms with Gasteiger partial charge in [-0.25, -0.2) is 4.57 Å². The van der Waals surface area contributed by atoms with E-state index in [2.05, 4.69) is 64.2 Å². The van der Waals surface area contributed by atoms with Gasteiger partial charge in [-0.1, -0.05) is 102 Å². The van der Waals surface area contributed by atoms with E-state index in [1.807, 2.05) is 0 Å². The van der Waals surface area contributed by atoms with E-state index in [4.69, 9.17) is 33.4 Å². The summed E-state index contributed by atoms with van der Waals surface area (Å²) in [6, 6.07) is 0. The molecule has 1 aliphatic heterocycles. The van der Waals surface area contributed by atoms with Crippen LogP contribution in [0.4, 0.5) is 0 Å². The fourth-order valence-electron chi connectivity index (χ4n) is 6.49. The maximum absolute atomic E-state index is 12.7. The molecule has 1 fully saturated rings. The quantitative estimate of drug-likeness (QED) is 0.0218. The highest BCUT2D eigenvalue weighted by Gasteiger charge is 2.37. The predicted molar refractivity (Wildman–Crippen MR) is 227 cm³/mol. The molecule has 2 rings (SSSR count). The number of allylic oxidation sites excluding steroid dienone is 5. The summed E-state index contributed by atoms with van der Waals surface area (Å²) >= 11 is 0. The molecule has 1 aromatic rings. The van der Waals surface area contributed by atoms with E-state index in [0.29, 0.717) is 12.8 Å². The molecule has 1 aromatic heterocycles. The molecule has 0 amide bonds. The monoisotopic (exact) mass is 822 g/mol. The van der Waals surface area contributed by atoms with E-state index in [-0.39, 0.29) is 44.8 Å². The van der Waals surface area contributed by atoms with Gasteiger partial charge in [0.2, 0.25) is 0 Å². The third-order valence-electron chi connectivity index (χ3n) is 10.2. The Bertz CT molecular complexity index is 1370. The first kappa shape index (κ1) is 50.6. The van der Waals surface area contributed by atoms with Gasteiger partial charge in [0.05, 0.1) is 25.4 Å². The molecule has 326 valence electrons. The number of carbonyl (C=O) groups is 2. The Morgan fingerprint density at radius 3 is 2.02 bits per heavy atom. The van der Waals surface area contributed by atoms with Crippen molar-refractivity contribution in [2.24, 2.45) is 5.73 Å². The van der Waals surface area contributed by atoms with Crippen molar-refractivity contribution >= 4 is 19.8 Å². The van der Waals surface area contributed by atoms with Gasteiger partial charge in [-0.3, -0.25) is 18.6 Å². The fourth-order valence-corrected chi connectivity index (χ4v) is 7.25. The molecule has 12 heteroatoms. The van der Waals surface area contributed by atoms with Crippen molar-refractivity contribution in [1.29, 1.82) is 0 Å². The Labute approximate surface area is 344 Å². The molecule has 0 radical (unpaired) electrons. The molecule has 11 nitrogen and oxygen atoms in total. The van der Waals surface area contributed by atoms with Crippen LogP contribution in [-0.2, 0) is 50.3 Å². The molecule has 0 bridgehead atoms. The lowest BCUT2D eigenvalue weighted by Crippen LogP contribution is -2.29. The van der Waals surface area contributed by atoms with E-state index in [1.54, 1.807) is 0 Å². The second kappa shape index (κ2) is 31.4. The zero-order chi connectivity index (χ0) is 41.6. The molecule has 0 saturated carbocycles. The van der Waals surface area contributed by atoms with Crippen LogP contribution in [0.1, 0.15) is 165 Å². The normalized spacial score (nSPS) is 17.2. The van der Waals surface area contributed by atoms with Crippen molar-refractivity contribution in [3.05, 3.63) is 59.1 Å². The number of phosphoric acid groups is 1. The lowest BCUT2D eigenvalue weighted by Gasteiger charge is -2.19. The van der Waals surface area contributed by atoms with Gasteiger partial charge in [-0.15, -0.1) is 0 Å². The van der Waals surface area contributed by atoms with Gasteiger partial charge in [-0.05, 0) is 89.2 Å². The van der Waals surface area contributed by atoms with Crippen molar-refractivity contribution in [1.82, 2.24) is 0 Å². The van der Waals surface area contributed by atoms with Crippen LogP contribution >= 0.6 is 7.82 Å². The molecular formula is C45H76NO10P. The minimum Gasteiger partial charge on any atom is -0.466 e. The lowest BCUT2D eigenvalue weighted by molar-refractivity contribution is -0.161. The van der Waals surface area contributed by atoms with Crippen molar-refractivity contribution in [2.75, 3.05) is 26.4 Å². The number of ether oxygens (including phenoxy) is 3. The molecule has 2 heterocycles. The molecule has 0 aliphatic carbocycles. The first-order chi connectivity index (χ1) is 27.6. The summed E-state index contributed by atoms with van der Waals surface area (Å²) in [5.74, 6) is 1.33. The zero-order valence-electron chi connectivity index (χ0n) is 35.7. The molecule has 0 aromatic carbocycles. The SMILES string of the molecule is CCCCC/C=C\C/C=C\C/C=C\CC1OC1CCCC(=O)O[C@H](COC(=O)CCCCCCCCc1oc(CCCCC)c(C)c1C)COP(=O)(O)OCCN. The molecule has 1 saturated heterocycles. The van der Waals surface area contributed by atoms with Crippen LogP contribution in [0.15, 0.2) is 40.9 Å². The van der Waals surface area contributed by atoms with Crippen molar-refractivity contribution in [3.63, 3.8) is 0 Å². The highest BCUT2D eigenvalue weighted by molar-refractivity contribution is 7.47. The Kier molecular flexibility index (Phi) is 27.9. The summed E-state index contributed by atoms with van der Waals surface area (Å²) in [6.07, 6.45) is 33.1. The second-order valence-electron chi connectivity index (χ2n) is 15.2. The Balaban J connectivity index is 1.62. The average Bonchev–Trinajstić information content (AvgIpc) is 3.89. The maximum atomic E-state index is 12.7. The Morgan fingerprint density at radius 1 is 0.737 bits per heavy atom. The first-order valence-corrected chi connectivity index (χ1v) is 23.4. The summed E-state index contributed by atoms with van der Waals surface area (Å²) in [5, 5.41) is 0. The largest absolute Gasteiger partial charge is 0.472 e. The highest BCUT2D eigenvalue weighted by Crippen LogP contribution is 2.43. The van der Waals surface area contributed by atoms with Gasteiger partial charge >= 0.3 is 19.8 Å². The third-order valence-corrected chi connectivity index (χ3v) is 11.1. The van der Waals surface area contributed by atoms with Gasteiger partial charge in [0.1, 0.15) is 18.1 Å². The highest BCUT2D eigenvalue weighted by atomic mass is 31.2. The minimum absolute atomic E-state index is 0.0326. The summed E-state index contributed by atoms with van der Waals surface area (Å²) in [7, 11) is -4.42. The van der Waals surface area contributed by atoms with Crippen LogP contribution in [0.25, 0.3) is 0 Å². The Morgan fingerprint density at radius 2 is 1.33 bits per heavy atom. The first-order valence-electron chi connectivity index (χ1n) is 21.9. The predicted octanol–water partition coefficient (Wildman–Crippen LogP) is 10.8. The summed E-state index contributed by atoms with van der Waals surface area (Å²) < 4.78 is 44.8. The number of furan rings is 1. The molecule has 57 heavy (non-hydrogen) atoms. The standard InChI is InChI=1S/C45H76NO10P/c1-5-7-9-10-11-12-13-14-15-16-20-24-29-42-43(56-42)30-26-32-45(48)54-39(36-53-57(49,50)52-34-33-46)35-51-44(47)31-25-21-18-17-19-23-28-41-38(4)37(3)40(55-41)27-22-8-6-2/h11-12,14-15,20,24,39,42-43H,5-10,13,16-19,21-23,25-36,46H2,1-4H3,(H,49,50)/b12-11-,15-14-,24-20-/t39-,42?,43?/m1/s1. The molecule has 4 atom stereocenters. The van der Waals surface area contributed by atoms with E-state index in [0.717, 1.165) is 88.6 Å². The van der Waals surface area contributed by atoms with Crippen LogP contribution in [0, 0.1) is 13.8 Å². The summed E-state index contributed by atoms with van der Waals surface area (Å²) in [4.78, 5) is 35.1. The number of hydrogen-bond donors (Lipinski definition) is 2. The van der Waals surface area contributed by atoms with E-state index in [9.17, 15) is 19.0 Å². The van der Waals surface area contributed by atoms with Crippen molar-refractivity contribution < 1.29 is 46.7 Å². The number of carbonyl (C=O) groups excluding carboxylic acids is 2. The number of hydrogen-bond acceptors (Lipinski definition) is 10. The summed E-state index contributed by atoms with van der Waals surface area (Å²) in [5.41, 5.74) is 7.95. The molecule has 3 N–H and O–H groups in total. The average molecular weight is 822 g/mol. The maximum Gasteiger partial charge on any atom is 0.472 e. The number of rotatable bonds is 36. The molecular weight excluding hydrogens is 745 g/mol. The lowest BCUT2D eigenvalue weighted by atomic mass is 10.0. The van der Waals surface area contributed by atoms with Gasteiger partial charge in [0, 0.05) is 32.2 Å². The van der Waals surface area contributed by atoms with Gasteiger partial charge in [-0.2, -0.15) is 0 Å². The molecule has 0 spiro atoms. The number of nitrogens with two attached hydrogens (primary N) is 1. The van der Waals surface area contributed by atoms with Crippen molar-refractivity contribution in [2.45, 2.75) is 187 Å². The van der Waals surface area contributed by atoms with Crippen LogP contribution < -0.4 is 5.73 Å². The van der Waals surface area contributed by atoms with Crippen molar-refractivity contribution in [3.8, 4) is 0 Å². The number of epoxide rings is 1. The van der Waals surface area contributed by atoms with Crippen LogP contribution in [0.3, 0.4) is 0 Å². The van der Waals surface area contributed by atoms with E-state index >= 15 is 0 Å². The van der Waals surface area contributed by atoms with Crippen LogP contribution in [0.5, 0.6) is 0 Å². The minimum atomic E-state index is -4.42. The van der Waals surface area contributed by atoms with E-state index < -0.39 is 32.5 Å². The topological polar surface area (TPSA) is 160 Å². The van der Waals surface area contributed by atoms with Gasteiger partial charge in [0.15, 0.2) is 6.10 Å². The number of esters is 2. The number of phosphoric ester groups is 1. The fraction of sp³-hybridized carbons (Fsp3) is 0.733.